The first kappa shape index (κ1) is 22.5. The fourth-order valence-electron chi connectivity index (χ4n) is 2.92. The highest BCUT2D eigenvalue weighted by molar-refractivity contribution is 7.89. The lowest BCUT2D eigenvalue weighted by molar-refractivity contribution is -0.385. The fraction of sp³-hybridized carbons (Fsp3) is 0.350. The maximum atomic E-state index is 12.5. The van der Waals surface area contributed by atoms with E-state index in [4.69, 9.17) is 0 Å². The van der Waals surface area contributed by atoms with Crippen LogP contribution in [0.5, 0.6) is 0 Å². The number of amides is 1. The largest absolute Gasteiger partial charge is 0.352 e. The molecule has 156 valence electrons. The van der Waals surface area contributed by atoms with Gasteiger partial charge in [-0.1, -0.05) is 44.2 Å². The molecule has 29 heavy (non-hydrogen) atoms. The second kappa shape index (κ2) is 10.1. The van der Waals surface area contributed by atoms with E-state index >= 15 is 0 Å². The molecular formula is C20H25N3O5S. The van der Waals surface area contributed by atoms with Gasteiger partial charge in [0.05, 0.1) is 9.82 Å². The summed E-state index contributed by atoms with van der Waals surface area (Å²) >= 11 is 0. The average molecular weight is 420 g/mol. The molecular weight excluding hydrogens is 394 g/mol. The molecule has 0 aliphatic rings. The van der Waals surface area contributed by atoms with E-state index in [-0.39, 0.29) is 29.5 Å². The van der Waals surface area contributed by atoms with Crippen LogP contribution in [0.4, 0.5) is 5.69 Å². The van der Waals surface area contributed by atoms with Crippen molar-refractivity contribution in [2.24, 2.45) is 0 Å². The van der Waals surface area contributed by atoms with E-state index in [1.54, 1.807) is 56.3 Å². The van der Waals surface area contributed by atoms with E-state index in [1.807, 2.05) is 0 Å². The second-order valence-electron chi connectivity index (χ2n) is 6.40. The summed E-state index contributed by atoms with van der Waals surface area (Å²) in [5.41, 5.74) is 1.25. The Morgan fingerprint density at radius 3 is 2.28 bits per heavy atom. The molecule has 8 nitrogen and oxygen atoms in total. The maximum absolute atomic E-state index is 12.5. The summed E-state index contributed by atoms with van der Waals surface area (Å²) in [7, 11) is -3.50. The minimum atomic E-state index is -3.50. The predicted octanol–water partition coefficient (Wildman–Crippen LogP) is 2.87. The van der Waals surface area contributed by atoms with Crippen molar-refractivity contribution in [3.63, 3.8) is 0 Å². The van der Waals surface area contributed by atoms with Crippen LogP contribution in [0.15, 0.2) is 53.4 Å². The lowest BCUT2D eigenvalue weighted by Gasteiger charge is -2.18. The molecule has 0 atom stereocenters. The number of nitrogens with one attached hydrogen (secondary N) is 1. The number of carbonyl (C=O) groups excluding carboxylic acids is 1. The van der Waals surface area contributed by atoms with Crippen molar-refractivity contribution in [1.29, 1.82) is 0 Å². The third-order valence-electron chi connectivity index (χ3n) is 4.57. The van der Waals surface area contributed by atoms with Gasteiger partial charge >= 0.3 is 0 Å². The third-order valence-corrected chi connectivity index (χ3v) is 6.64. The number of nitro groups is 1. The number of benzene rings is 2. The quantitative estimate of drug-likeness (QED) is 0.470. The Morgan fingerprint density at radius 1 is 1.07 bits per heavy atom. The van der Waals surface area contributed by atoms with Crippen LogP contribution in [0, 0.1) is 10.1 Å². The summed E-state index contributed by atoms with van der Waals surface area (Å²) in [6.45, 7) is 4.47. The minimum absolute atomic E-state index is 0.0298. The normalized spacial score (nSPS) is 11.4. The molecule has 0 heterocycles. The van der Waals surface area contributed by atoms with Gasteiger partial charge in [-0.15, -0.1) is 0 Å². The molecule has 2 aromatic carbocycles. The van der Waals surface area contributed by atoms with Gasteiger partial charge in [0.1, 0.15) is 0 Å². The zero-order valence-corrected chi connectivity index (χ0v) is 17.3. The number of nitrogens with zero attached hydrogens (tertiary/aromatic N) is 2. The van der Waals surface area contributed by atoms with Crippen molar-refractivity contribution in [2.75, 3.05) is 13.1 Å². The monoisotopic (exact) mass is 419 g/mol. The number of carbonyl (C=O) groups is 1. The Balaban J connectivity index is 1.92. The van der Waals surface area contributed by atoms with E-state index in [1.165, 1.54) is 10.4 Å². The number of rotatable bonds is 10. The number of hydrogen-bond donors (Lipinski definition) is 1. The van der Waals surface area contributed by atoms with Crippen molar-refractivity contribution >= 4 is 21.6 Å². The highest BCUT2D eigenvalue weighted by atomic mass is 32.2. The SMILES string of the molecule is CCN(CC)S(=O)(=O)c1ccc(CCC(=O)NCc2ccccc2[N+](=O)[O-])cc1. The highest BCUT2D eigenvalue weighted by Gasteiger charge is 2.21. The van der Waals surface area contributed by atoms with Gasteiger partial charge in [-0.3, -0.25) is 14.9 Å². The Hall–Kier alpha value is -2.78. The number of hydrogen-bond acceptors (Lipinski definition) is 5. The van der Waals surface area contributed by atoms with Crippen molar-refractivity contribution in [2.45, 2.75) is 38.1 Å². The molecule has 1 amide bonds. The molecule has 0 saturated carbocycles. The first-order valence-corrected chi connectivity index (χ1v) is 10.8. The van der Waals surface area contributed by atoms with Gasteiger partial charge in [-0.05, 0) is 24.1 Å². The smallest absolute Gasteiger partial charge is 0.274 e. The molecule has 0 aromatic heterocycles. The molecule has 2 rings (SSSR count). The molecule has 0 fully saturated rings. The van der Waals surface area contributed by atoms with Crippen molar-refractivity contribution < 1.29 is 18.1 Å². The summed E-state index contributed by atoms with van der Waals surface area (Å²) in [5.74, 6) is -0.233. The molecule has 0 spiro atoms. The van der Waals surface area contributed by atoms with Gasteiger partial charge in [0.25, 0.3) is 5.69 Å². The number of sulfonamides is 1. The van der Waals surface area contributed by atoms with Gasteiger partial charge in [-0.25, -0.2) is 8.42 Å². The molecule has 9 heteroatoms. The van der Waals surface area contributed by atoms with Crippen LogP contribution in [-0.4, -0.2) is 36.6 Å². The van der Waals surface area contributed by atoms with Crippen LogP contribution < -0.4 is 5.32 Å². The van der Waals surface area contributed by atoms with E-state index < -0.39 is 14.9 Å². The van der Waals surface area contributed by atoms with Crippen LogP contribution in [0.2, 0.25) is 0 Å². The Kier molecular flexibility index (Phi) is 7.86. The summed E-state index contributed by atoms with van der Waals surface area (Å²) in [6.07, 6.45) is 0.636. The maximum Gasteiger partial charge on any atom is 0.274 e. The summed E-state index contributed by atoms with van der Waals surface area (Å²) in [5, 5.41) is 13.7. The van der Waals surface area contributed by atoms with Crippen molar-refractivity contribution in [3.8, 4) is 0 Å². The van der Waals surface area contributed by atoms with Crippen molar-refractivity contribution in [3.05, 3.63) is 69.8 Å². The van der Waals surface area contributed by atoms with Crippen LogP contribution in [0.3, 0.4) is 0 Å². The second-order valence-corrected chi connectivity index (χ2v) is 8.33. The predicted molar refractivity (Wildman–Crippen MR) is 110 cm³/mol. The van der Waals surface area contributed by atoms with E-state index in [0.717, 1.165) is 5.56 Å². The molecule has 0 bridgehead atoms. The first-order chi connectivity index (χ1) is 13.8. The van der Waals surface area contributed by atoms with Crippen molar-refractivity contribution in [1.82, 2.24) is 9.62 Å². The zero-order chi connectivity index (χ0) is 21.4. The van der Waals surface area contributed by atoms with Crippen LogP contribution in [0.25, 0.3) is 0 Å². The lowest BCUT2D eigenvalue weighted by atomic mass is 10.1. The van der Waals surface area contributed by atoms with Gasteiger partial charge in [-0.2, -0.15) is 4.31 Å². The molecule has 0 unspecified atom stereocenters. The van der Waals surface area contributed by atoms with Crippen LogP contribution in [-0.2, 0) is 27.8 Å². The Bertz CT molecular complexity index is 954. The minimum Gasteiger partial charge on any atom is -0.352 e. The summed E-state index contributed by atoms with van der Waals surface area (Å²) in [4.78, 5) is 22.8. The molecule has 2 aromatic rings. The van der Waals surface area contributed by atoms with Crippen LogP contribution >= 0.6 is 0 Å². The van der Waals surface area contributed by atoms with Gasteiger partial charge < -0.3 is 5.32 Å². The summed E-state index contributed by atoms with van der Waals surface area (Å²) < 4.78 is 26.3. The lowest BCUT2D eigenvalue weighted by Crippen LogP contribution is -2.30. The zero-order valence-electron chi connectivity index (χ0n) is 16.5. The number of aryl methyl sites for hydroxylation is 1. The van der Waals surface area contributed by atoms with E-state index in [9.17, 15) is 23.3 Å². The number of para-hydroxylation sites is 1. The topological polar surface area (TPSA) is 110 Å². The first-order valence-electron chi connectivity index (χ1n) is 9.37. The third kappa shape index (κ3) is 5.85. The number of nitro benzene ring substituents is 1. The molecule has 0 aliphatic carbocycles. The molecule has 0 radical (unpaired) electrons. The molecule has 0 aliphatic heterocycles. The molecule has 0 saturated heterocycles. The fourth-order valence-corrected chi connectivity index (χ4v) is 4.38. The van der Waals surface area contributed by atoms with Gasteiger partial charge in [0.15, 0.2) is 0 Å². The Labute approximate surface area is 170 Å². The van der Waals surface area contributed by atoms with Crippen LogP contribution in [0.1, 0.15) is 31.4 Å². The van der Waals surface area contributed by atoms with E-state index in [0.29, 0.717) is 25.1 Å². The van der Waals surface area contributed by atoms with Gasteiger partial charge in [0, 0.05) is 37.7 Å². The highest BCUT2D eigenvalue weighted by Crippen LogP contribution is 2.18. The molecule has 1 N–H and O–H groups in total. The summed E-state index contributed by atoms with van der Waals surface area (Å²) in [6, 6.07) is 12.8. The average Bonchev–Trinajstić information content (AvgIpc) is 2.71. The standard InChI is InChI=1S/C20H25N3O5S/c1-3-22(4-2)29(27,28)18-12-9-16(10-13-18)11-14-20(24)21-15-17-7-5-6-8-19(17)23(25)26/h5-10,12-13H,3-4,11,14-15H2,1-2H3,(H,21,24). The van der Waals surface area contributed by atoms with E-state index in [2.05, 4.69) is 5.32 Å². The van der Waals surface area contributed by atoms with Gasteiger partial charge in [0.2, 0.25) is 15.9 Å². The Morgan fingerprint density at radius 2 is 1.69 bits per heavy atom.